The molecule has 0 bridgehead atoms. The van der Waals surface area contributed by atoms with E-state index in [4.69, 9.17) is 0 Å². The molecule has 1 rings (SSSR count). The fourth-order valence-corrected chi connectivity index (χ4v) is 3.33. The van der Waals surface area contributed by atoms with Crippen molar-refractivity contribution in [3.63, 3.8) is 0 Å². The van der Waals surface area contributed by atoms with E-state index in [2.05, 4.69) is 39.5 Å². The maximum Gasteiger partial charge on any atom is 0.220 e. The molecule has 25 heavy (non-hydrogen) atoms. The van der Waals surface area contributed by atoms with Crippen LogP contribution in [0.15, 0.2) is 4.99 Å². The van der Waals surface area contributed by atoms with Gasteiger partial charge in [-0.15, -0.1) is 0 Å². The zero-order chi connectivity index (χ0) is 18.5. The average Bonchev–Trinajstić information content (AvgIpc) is 2.61. The number of nitrogens with zero attached hydrogens (tertiary/aromatic N) is 3. The van der Waals surface area contributed by atoms with Crippen molar-refractivity contribution in [1.82, 2.24) is 20.4 Å². The minimum Gasteiger partial charge on any atom is -0.359 e. The zero-order valence-corrected chi connectivity index (χ0v) is 16.8. The highest BCUT2D eigenvalue weighted by Gasteiger charge is 2.22. The number of carbonyl (C=O) groups excluding carboxylic acids is 1. The lowest BCUT2D eigenvalue weighted by Crippen LogP contribution is -2.46. The Morgan fingerprint density at radius 1 is 1.12 bits per heavy atom. The number of unbranched alkanes of at least 4 members (excludes halogenated alkanes) is 4. The summed E-state index contributed by atoms with van der Waals surface area (Å²) in [5.41, 5.74) is 0. The fourth-order valence-electron chi connectivity index (χ4n) is 3.33. The molecule has 0 aliphatic carbocycles. The molecule has 1 saturated heterocycles. The number of piperidine rings is 1. The van der Waals surface area contributed by atoms with Crippen LogP contribution in [0.3, 0.4) is 0 Å². The van der Waals surface area contributed by atoms with E-state index in [0.717, 1.165) is 38.4 Å². The molecular formula is C19H39N5O. The zero-order valence-electron chi connectivity index (χ0n) is 16.8. The first-order valence-corrected chi connectivity index (χ1v) is 9.87. The van der Waals surface area contributed by atoms with Crippen LogP contribution in [0.5, 0.6) is 0 Å². The number of nitrogens with one attached hydrogen (secondary N) is 2. The maximum atomic E-state index is 11.5. The van der Waals surface area contributed by atoms with Crippen LogP contribution >= 0.6 is 0 Å². The van der Waals surface area contributed by atoms with E-state index in [-0.39, 0.29) is 5.91 Å². The molecule has 0 atom stereocenters. The Bertz CT molecular complexity index is 389. The first kappa shape index (κ1) is 21.7. The van der Waals surface area contributed by atoms with Gasteiger partial charge in [-0.2, -0.15) is 0 Å². The second kappa shape index (κ2) is 13.0. The third-order valence-electron chi connectivity index (χ3n) is 4.94. The van der Waals surface area contributed by atoms with Crippen molar-refractivity contribution in [1.29, 1.82) is 0 Å². The summed E-state index contributed by atoms with van der Waals surface area (Å²) in [4.78, 5) is 20.5. The number of rotatable bonds is 10. The third kappa shape index (κ3) is 9.68. The Morgan fingerprint density at radius 2 is 1.76 bits per heavy atom. The van der Waals surface area contributed by atoms with Gasteiger partial charge in [-0.1, -0.05) is 19.3 Å². The lowest BCUT2D eigenvalue weighted by atomic mass is 9.93. The van der Waals surface area contributed by atoms with Crippen molar-refractivity contribution in [3.05, 3.63) is 0 Å². The molecule has 0 saturated carbocycles. The number of guanidine groups is 1. The van der Waals surface area contributed by atoms with Gasteiger partial charge in [0.05, 0.1) is 0 Å². The van der Waals surface area contributed by atoms with Gasteiger partial charge >= 0.3 is 0 Å². The highest BCUT2D eigenvalue weighted by atomic mass is 16.1. The smallest absolute Gasteiger partial charge is 0.220 e. The number of likely N-dealkylation sites (tertiary alicyclic amines) is 1. The molecule has 0 aromatic carbocycles. The van der Waals surface area contributed by atoms with Gasteiger partial charge in [0.1, 0.15) is 0 Å². The van der Waals surface area contributed by atoms with Crippen molar-refractivity contribution in [2.24, 2.45) is 10.9 Å². The van der Waals surface area contributed by atoms with Crippen LogP contribution in [-0.4, -0.2) is 76.0 Å². The van der Waals surface area contributed by atoms with E-state index in [0.29, 0.717) is 12.3 Å². The average molecular weight is 354 g/mol. The van der Waals surface area contributed by atoms with Crippen molar-refractivity contribution < 1.29 is 4.79 Å². The summed E-state index contributed by atoms with van der Waals surface area (Å²) in [7, 11) is 7.85. The van der Waals surface area contributed by atoms with Crippen LogP contribution in [0.1, 0.15) is 51.4 Å². The summed E-state index contributed by atoms with van der Waals surface area (Å²) in [5.74, 6) is 1.69. The SMILES string of the molecule is CN=C(NCCCCCCCN(C)C)N1CCC(CC(=O)NC)CC1. The van der Waals surface area contributed by atoms with Crippen LogP contribution in [0, 0.1) is 5.92 Å². The fraction of sp³-hybridized carbons (Fsp3) is 0.895. The molecule has 6 nitrogen and oxygen atoms in total. The second-order valence-corrected chi connectivity index (χ2v) is 7.35. The number of amides is 1. The van der Waals surface area contributed by atoms with Gasteiger partial charge in [-0.05, 0) is 52.2 Å². The van der Waals surface area contributed by atoms with Gasteiger partial charge in [0.2, 0.25) is 5.91 Å². The molecule has 0 radical (unpaired) electrons. The minimum absolute atomic E-state index is 0.159. The van der Waals surface area contributed by atoms with Gasteiger partial charge in [-0.3, -0.25) is 9.79 Å². The van der Waals surface area contributed by atoms with E-state index in [1.165, 1.54) is 38.6 Å². The Balaban J connectivity index is 2.12. The monoisotopic (exact) mass is 353 g/mol. The van der Waals surface area contributed by atoms with Crippen molar-refractivity contribution >= 4 is 11.9 Å². The molecular weight excluding hydrogens is 314 g/mol. The Kier molecular flexibility index (Phi) is 11.3. The maximum absolute atomic E-state index is 11.5. The van der Waals surface area contributed by atoms with Crippen LogP contribution in [0.25, 0.3) is 0 Å². The van der Waals surface area contributed by atoms with E-state index >= 15 is 0 Å². The molecule has 1 fully saturated rings. The van der Waals surface area contributed by atoms with Gasteiger partial charge in [0.25, 0.3) is 0 Å². The first-order valence-electron chi connectivity index (χ1n) is 9.87. The molecule has 1 amide bonds. The van der Waals surface area contributed by atoms with Crippen molar-refractivity contribution in [2.75, 3.05) is 54.4 Å². The minimum atomic E-state index is 0.159. The molecule has 0 unspecified atom stereocenters. The summed E-state index contributed by atoms with van der Waals surface area (Å²) >= 11 is 0. The molecule has 146 valence electrons. The Morgan fingerprint density at radius 3 is 2.36 bits per heavy atom. The predicted octanol–water partition coefficient (Wildman–Crippen LogP) is 1.92. The van der Waals surface area contributed by atoms with Crippen molar-refractivity contribution in [2.45, 2.75) is 51.4 Å². The standard InChI is InChI=1S/C19H39N5O/c1-20-18(25)16-17-10-14-24(15-11-17)19(21-2)22-12-8-6-5-7-9-13-23(3)4/h17H,5-16H2,1-4H3,(H,20,25)(H,21,22). The van der Waals surface area contributed by atoms with E-state index in [1.807, 2.05) is 7.05 Å². The van der Waals surface area contributed by atoms with Gasteiger partial charge < -0.3 is 20.4 Å². The third-order valence-corrected chi connectivity index (χ3v) is 4.94. The number of carbonyl (C=O) groups is 1. The molecule has 1 heterocycles. The predicted molar refractivity (Wildman–Crippen MR) is 106 cm³/mol. The largest absolute Gasteiger partial charge is 0.359 e. The van der Waals surface area contributed by atoms with Crippen molar-refractivity contribution in [3.8, 4) is 0 Å². The summed E-state index contributed by atoms with van der Waals surface area (Å²) in [6.07, 6.45) is 9.22. The topological polar surface area (TPSA) is 60.0 Å². The quantitative estimate of drug-likeness (QED) is 0.358. The Labute approximate surface area is 154 Å². The molecule has 1 aliphatic heterocycles. The normalized spacial score (nSPS) is 16.4. The van der Waals surface area contributed by atoms with Gasteiger partial charge in [0, 0.05) is 40.2 Å². The summed E-state index contributed by atoms with van der Waals surface area (Å²) in [6, 6.07) is 0. The van der Waals surface area contributed by atoms with Crippen LogP contribution in [0.2, 0.25) is 0 Å². The first-order chi connectivity index (χ1) is 12.1. The van der Waals surface area contributed by atoms with Gasteiger partial charge in [0.15, 0.2) is 5.96 Å². The number of hydrogen-bond donors (Lipinski definition) is 2. The summed E-state index contributed by atoms with van der Waals surface area (Å²) < 4.78 is 0. The summed E-state index contributed by atoms with van der Waals surface area (Å²) in [5, 5.41) is 6.23. The highest BCUT2D eigenvalue weighted by Crippen LogP contribution is 2.20. The molecule has 1 aliphatic rings. The molecule has 2 N–H and O–H groups in total. The van der Waals surface area contributed by atoms with E-state index in [9.17, 15) is 4.79 Å². The number of aliphatic imine (C=N–C) groups is 1. The summed E-state index contributed by atoms with van der Waals surface area (Å²) in [6.45, 7) is 4.18. The van der Waals surface area contributed by atoms with Crippen LogP contribution in [0.4, 0.5) is 0 Å². The lowest BCUT2D eigenvalue weighted by Gasteiger charge is -2.34. The molecule has 0 spiro atoms. The van der Waals surface area contributed by atoms with Crippen LogP contribution < -0.4 is 10.6 Å². The highest BCUT2D eigenvalue weighted by molar-refractivity contribution is 5.80. The lowest BCUT2D eigenvalue weighted by molar-refractivity contribution is -0.121. The van der Waals surface area contributed by atoms with Crippen LogP contribution in [-0.2, 0) is 4.79 Å². The molecule has 0 aromatic rings. The van der Waals surface area contributed by atoms with Gasteiger partial charge in [-0.25, -0.2) is 0 Å². The Hall–Kier alpha value is -1.30. The molecule has 6 heteroatoms. The molecule has 0 aromatic heterocycles. The second-order valence-electron chi connectivity index (χ2n) is 7.35. The number of hydrogen-bond acceptors (Lipinski definition) is 3. The van der Waals surface area contributed by atoms with E-state index in [1.54, 1.807) is 7.05 Å². The van der Waals surface area contributed by atoms with E-state index < -0.39 is 0 Å².